The number of primary amides is 1. The van der Waals surface area contributed by atoms with Gasteiger partial charge in [0.2, 0.25) is 11.8 Å². The van der Waals surface area contributed by atoms with Gasteiger partial charge in [0, 0.05) is 22.6 Å². The van der Waals surface area contributed by atoms with Crippen LogP contribution in [-0.2, 0) is 17.6 Å². The zero-order chi connectivity index (χ0) is 28.1. The number of tetrazole rings is 1. The van der Waals surface area contributed by atoms with Gasteiger partial charge in [-0.3, -0.25) is 9.59 Å². The molecule has 3 aromatic carbocycles. The summed E-state index contributed by atoms with van der Waals surface area (Å²) < 4.78 is 1.53. The number of amides is 2. The van der Waals surface area contributed by atoms with Crippen LogP contribution < -0.4 is 11.1 Å². The maximum atomic E-state index is 13.2. The van der Waals surface area contributed by atoms with E-state index in [9.17, 15) is 9.59 Å². The van der Waals surface area contributed by atoms with Crippen LogP contribution in [0.1, 0.15) is 39.8 Å². The van der Waals surface area contributed by atoms with E-state index in [0.717, 1.165) is 16.8 Å². The summed E-state index contributed by atoms with van der Waals surface area (Å²) in [4.78, 5) is 32.5. The number of rotatable bonds is 10. The smallest absolute Gasteiger partial charge is 0.248 e. The van der Waals surface area contributed by atoms with Crippen molar-refractivity contribution in [1.82, 2.24) is 35.5 Å². The molecule has 0 saturated heterocycles. The molecule has 2 heterocycles. The first-order chi connectivity index (χ1) is 19.4. The number of nitrogens with zero attached hydrogens (tertiary/aromatic N) is 5. The van der Waals surface area contributed by atoms with Gasteiger partial charge in [-0.2, -0.15) is 0 Å². The number of nitrogens with one attached hydrogen (secondary N) is 2. The Hall–Kier alpha value is -4.54. The molecule has 4 N–H and O–H groups in total. The van der Waals surface area contributed by atoms with Crippen LogP contribution in [0.3, 0.4) is 0 Å². The van der Waals surface area contributed by atoms with Crippen LogP contribution in [0.5, 0.6) is 0 Å². The Morgan fingerprint density at radius 2 is 1.80 bits per heavy atom. The van der Waals surface area contributed by atoms with Crippen LogP contribution in [0.2, 0.25) is 10.2 Å². The Bertz CT molecular complexity index is 1620. The summed E-state index contributed by atoms with van der Waals surface area (Å²) >= 11 is 12.8. The molecule has 2 amide bonds. The van der Waals surface area contributed by atoms with Crippen molar-refractivity contribution in [2.75, 3.05) is 0 Å². The molecule has 5 rings (SSSR count). The molecule has 1 atom stereocenters. The summed E-state index contributed by atoms with van der Waals surface area (Å²) in [5.74, 6) is -0.189. The van der Waals surface area contributed by atoms with E-state index in [0.29, 0.717) is 45.7 Å². The average Bonchev–Trinajstić information content (AvgIpc) is 3.62. The van der Waals surface area contributed by atoms with Gasteiger partial charge in [0.25, 0.3) is 0 Å². The van der Waals surface area contributed by atoms with Crippen molar-refractivity contribution in [3.8, 4) is 16.9 Å². The Morgan fingerprint density at radius 3 is 2.50 bits per heavy atom. The van der Waals surface area contributed by atoms with Crippen molar-refractivity contribution in [2.24, 2.45) is 5.73 Å². The van der Waals surface area contributed by atoms with Crippen molar-refractivity contribution < 1.29 is 9.59 Å². The predicted octanol–water partition coefficient (Wildman–Crippen LogP) is 4.49. The molecule has 0 unspecified atom stereocenters. The number of carbonyl (C=O) groups excluding carboxylic acids is 2. The molecule has 0 aliphatic carbocycles. The highest BCUT2D eigenvalue weighted by Gasteiger charge is 2.22. The van der Waals surface area contributed by atoms with Gasteiger partial charge in [-0.05, 0) is 64.7 Å². The number of carbonyl (C=O) groups is 2. The average molecular weight is 575 g/mol. The molecule has 10 nitrogen and oxygen atoms in total. The molecule has 12 heteroatoms. The fraction of sp³-hybridized carbons (Fsp3) is 0.143. The lowest BCUT2D eigenvalue weighted by molar-refractivity contribution is -0.121. The van der Waals surface area contributed by atoms with Crippen molar-refractivity contribution in [1.29, 1.82) is 0 Å². The second kappa shape index (κ2) is 12.1. The molecule has 40 heavy (non-hydrogen) atoms. The second-order valence-corrected chi connectivity index (χ2v) is 9.88. The largest absolute Gasteiger partial charge is 0.366 e. The fourth-order valence-electron chi connectivity index (χ4n) is 4.35. The highest BCUT2D eigenvalue weighted by Crippen LogP contribution is 2.29. The number of aromatic nitrogens is 6. The minimum Gasteiger partial charge on any atom is -0.366 e. The Morgan fingerprint density at radius 1 is 1.02 bits per heavy atom. The van der Waals surface area contributed by atoms with Crippen LogP contribution in [0.4, 0.5) is 0 Å². The first-order valence-electron chi connectivity index (χ1n) is 12.4. The number of hydrogen-bond acceptors (Lipinski definition) is 6. The summed E-state index contributed by atoms with van der Waals surface area (Å²) in [5, 5.41) is 15.3. The number of imidazole rings is 1. The van der Waals surface area contributed by atoms with Gasteiger partial charge >= 0.3 is 0 Å². The van der Waals surface area contributed by atoms with Crippen LogP contribution in [-0.4, -0.2) is 42.0 Å². The van der Waals surface area contributed by atoms with Gasteiger partial charge < -0.3 is 16.0 Å². The molecule has 2 aromatic heterocycles. The number of benzene rings is 3. The zero-order valence-electron chi connectivity index (χ0n) is 21.1. The van der Waals surface area contributed by atoms with Crippen LogP contribution >= 0.6 is 23.2 Å². The number of aryl methyl sites for hydroxylation is 1. The van der Waals surface area contributed by atoms with Crippen molar-refractivity contribution in [3.05, 3.63) is 112 Å². The van der Waals surface area contributed by atoms with Crippen molar-refractivity contribution >= 4 is 35.0 Å². The quantitative estimate of drug-likeness (QED) is 0.224. The highest BCUT2D eigenvalue weighted by molar-refractivity contribution is 6.32. The molecule has 0 radical (unpaired) electrons. The molecule has 0 spiro atoms. The number of halogens is 2. The van der Waals surface area contributed by atoms with E-state index in [1.807, 2.05) is 36.4 Å². The van der Waals surface area contributed by atoms with Gasteiger partial charge in [-0.15, -0.1) is 5.10 Å². The molecule has 0 aliphatic heterocycles. The molecule has 0 bridgehead atoms. The van der Waals surface area contributed by atoms with Gasteiger partial charge in [-0.25, -0.2) is 9.67 Å². The summed E-state index contributed by atoms with van der Waals surface area (Å²) in [7, 11) is 0. The molecule has 5 aromatic rings. The van der Waals surface area contributed by atoms with Crippen molar-refractivity contribution in [3.63, 3.8) is 0 Å². The normalized spacial score (nSPS) is 11.8. The molecule has 0 saturated carbocycles. The molecule has 0 aliphatic rings. The van der Waals surface area contributed by atoms with Crippen LogP contribution in [0.25, 0.3) is 16.9 Å². The minimum atomic E-state index is -0.520. The Kier molecular flexibility index (Phi) is 8.18. The fourth-order valence-corrected chi connectivity index (χ4v) is 4.79. The maximum Gasteiger partial charge on any atom is 0.248 e. The monoisotopic (exact) mass is 574 g/mol. The molecule has 202 valence electrons. The van der Waals surface area contributed by atoms with Crippen molar-refractivity contribution in [2.45, 2.75) is 25.3 Å². The zero-order valence-corrected chi connectivity index (χ0v) is 22.6. The van der Waals surface area contributed by atoms with E-state index in [1.54, 1.807) is 36.4 Å². The van der Waals surface area contributed by atoms with E-state index >= 15 is 0 Å². The number of H-pyrrole nitrogens is 1. The third-order valence-electron chi connectivity index (χ3n) is 6.33. The van der Waals surface area contributed by atoms with E-state index in [-0.39, 0.29) is 12.3 Å². The molecule has 0 fully saturated rings. The van der Waals surface area contributed by atoms with Gasteiger partial charge in [0.05, 0.1) is 11.7 Å². The lowest BCUT2D eigenvalue weighted by Gasteiger charge is -2.17. The first kappa shape index (κ1) is 27.0. The first-order valence-corrected chi connectivity index (χ1v) is 13.1. The SMILES string of the molecule is NC(=O)c1ccc(-c2nc([C@H](Cc3ccccc3)NC(=O)CCc3cc(Cl)ccc3-n3cnnn3)[nH]c2Cl)cc1. The summed E-state index contributed by atoms with van der Waals surface area (Å²) in [6.07, 6.45) is 2.58. The summed E-state index contributed by atoms with van der Waals surface area (Å²) in [6, 6.07) is 21.3. The van der Waals surface area contributed by atoms with Crippen LogP contribution in [0.15, 0.2) is 79.1 Å². The standard InChI is InChI=1S/C28H24Cl2N8O2/c29-21-11-12-23(38-16-32-36-37-38)20(15-21)10-13-24(39)33-22(14-17-4-2-1-3-5-17)28-34-25(26(30)35-28)18-6-8-19(9-7-18)27(31)40/h1-9,11-12,15-16,22H,10,13-14H2,(H2,31,40)(H,33,39)(H,34,35)/t22-/m0/s1. The number of nitrogens with two attached hydrogens (primary N) is 1. The van der Waals surface area contributed by atoms with Gasteiger partial charge in [-0.1, -0.05) is 65.7 Å². The number of aromatic amines is 1. The van der Waals surface area contributed by atoms with Crippen LogP contribution in [0, 0.1) is 0 Å². The molecular weight excluding hydrogens is 551 g/mol. The number of hydrogen-bond donors (Lipinski definition) is 3. The molecular formula is C28H24Cl2N8O2. The highest BCUT2D eigenvalue weighted by atomic mass is 35.5. The maximum absolute atomic E-state index is 13.2. The third kappa shape index (κ3) is 6.36. The summed E-state index contributed by atoms with van der Waals surface area (Å²) in [6.45, 7) is 0. The lowest BCUT2D eigenvalue weighted by atomic mass is 10.0. The van der Waals surface area contributed by atoms with Gasteiger partial charge in [0.1, 0.15) is 23.0 Å². The van der Waals surface area contributed by atoms with E-state index in [4.69, 9.17) is 33.9 Å². The van der Waals surface area contributed by atoms with E-state index < -0.39 is 11.9 Å². The second-order valence-electron chi connectivity index (χ2n) is 9.06. The predicted molar refractivity (Wildman–Crippen MR) is 151 cm³/mol. The minimum absolute atomic E-state index is 0.177. The third-order valence-corrected chi connectivity index (χ3v) is 6.84. The van der Waals surface area contributed by atoms with Gasteiger partial charge in [0.15, 0.2) is 0 Å². The Balaban J connectivity index is 1.36. The Labute approximate surface area is 239 Å². The summed E-state index contributed by atoms with van der Waals surface area (Å²) in [5.41, 5.74) is 9.54. The lowest BCUT2D eigenvalue weighted by Crippen LogP contribution is -2.31. The van der Waals surface area contributed by atoms with E-state index in [1.165, 1.54) is 11.0 Å². The topological polar surface area (TPSA) is 144 Å². The van der Waals surface area contributed by atoms with E-state index in [2.05, 4.69) is 25.8 Å².